The number of hydrogen-bond acceptors (Lipinski definition) is 2. The van der Waals surface area contributed by atoms with E-state index in [-0.39, 0.29) is 0 Å². The maximum atomic E-state index is 5.99. The minimum absolute atomic E-state index is 0.791. The van der Waals surface area contributed by atoms with Gasteiger partial charge in [-0.3, -0.25) is 4.98 Å². The molecule has 2 rings (SSSR count). The molecule has 2 heteroatoms. The summed E-state index contributed by atoms with van der Waals surface area (Å²) in [7, 11) is 0. The van der Waals surface area contributed by atoms with Crippen molar-refractivity contribution in [3.63, 3.8) is 0 Å². The molecule has 1 heterocycles. The van der Waals surface area contributed by atoms with E-state index in [4.69, 9.17) is 5.73 Å². The highest BCUT2D eigenvalue weighted by atomic mass is 14.7. The molecular weight excluding hydrogens is 184 g/mol. The van der Waals surface area contributed by atoms with E-state index in [1.54, 1.807) is 6.20 Å². The van der Waals surface area contributed by atoms with Crippen LogP contribution in [-0.4, -0.2) is 4.98 Å². The Morgan fingerprint density at radius 1 is 1.27 bits per heavy atom. The highest BCUT2D eigenvalue weighted by molar-refractivity contribution is 5.92. The summed E-state index contributed by atoms with van der Waals surface area (Å²) in [5, 5.41) is 1.21. The second-order valence-electron chi connectivity index (χ2n) is 3.71. The van der Waals surface area contributed by atoms with E-state index >= 15 is 0 Å². The predicted molar refractivity (Wildman–Crippen MR) is 64.9 cm³/mol. The molecular formula is C13H16N2. The van der Waals surface area contributed by atoms with Crippen LogP contribution in [0.15, 0.2) is 24.4 Å². The van der Waals surface area contributed by atoms with E-state index in [1.807, 2.05) is 6.07 Å². The first-order valence-corrected chi connectivity index (χ1v) is 5.42. The molecule has 0 unspecified atom stereocenters. The standard InChI is InChI=1S/C13H16N2/c1-3-9-8-12(14)13-11(10(9)4-2)6-5-7-15-13/h5-8H,3-4,14H2,1-2H3. The Morgan fingerprint density at radius 2 is 2.07 bits per heavy atom. The topological polar surface area (TPSA) is 38.9 Å². The molecule has 0 spiro atoms. The average Bonchev–Trinajstić information content (AvgIpc) is 2.29. The van der Waals surface area contributed by atoms with E-state index in [1.165, 1.54) is 16.5 Å². The molecule has 2 aromatic rings. The van der Waals surface area contributed by atoms with Crippen molar-refractivity contribution in [3.8, 4) is 0 Å². The van der Waals surface area contributed by atoms with E-state index in [2.05, 4.69) is 31.0 Å². The van der Waals surface area contributed by atoms with Crippen LogP contribution in [0.4, 0.5) is 5.69 Å². The molecule has 0 bridgehead atoms. The van der Waals surface area contributed by atoms with Crippen molar-refractivity contribution in [2.24, 2.45) is 0 Å². The number of aryl methyl sites for hydroxylation is 2. The monoisotopic (exact) mass is 200 g/mol. The third kappa shape index (κ3) is 1.56. The zero-order valence-electron chi connectivity index (χ0n) is 9.25. The van der Waals surface area contributed by atoms with Gasteiger partial charge in [-0.05, 0) is 36.1 Å². The third-order valence-electron chi connectivity index (χ3n) is 2.86. The normalized spacial score (nSPS) is 10.8. The summed E-state index contributed by atoms with van der Waals surface area (Å²) in [6.45, 7) is 4.34. The van der Waals surface area contributed by atoms with Gasteiger partial charge in [-0.25, -0.2) is 0 Å². The molecule has 15 heavy (non-hydrogen) atoms. The quantitative estimate of drug-likeness (QED) is 0.757. The summed E-state index contributed by atoms with van der Waals surface area (Å²) in [5.74, 6) is 0. The number of rotatable bonds is 2. The summed E-state index contributed by atoms with van der Waals surface area (Å²) in [5.41, 5.74) is 10.4. The summed E-state index contributed by atoms with van der Waals surface area (Å²) < 4.78 is 0. The van der Waals surface area contributed by atoms with Crippen molar-refractivity contribution in [2.45, 2.75) is 26.7 Å². The van der Waals surface area contributed by atoms with Gasteiger partial charge in [0.05, 0.1) is 11.2 Å². The number of fused-ring (bicyclic) bond motifs is 1. The fraction of sp³-hybridized carbons (Fsp3) is 0.308. The molecule has 0 aliphatic heterocycles. The number of benzene rings is 1. The zero-order chi connectivity index (χ0) is 10.8. The fourth-order valence-electron chi connectivity index (χ4n) is 2.13. The Balaban J connectivity index is 2.85. The molecule has 1 aromatic heterocycles. The number of anilines is 1. The molecule has 0 atom stereocenters. The van der Waals surface area contributed by atoms with Gasteiger partial charge >= 0.3 is 0 Å². The first-order chi connectivity index (χ1) is 7.27. The highest BCUT2D eigenvalue weighted by Crippen LogP contribution is 2.27. The Kier molecular flexibility index (Phi) is 2.58. The van der Waals surface area contributed by atoms with Gasteiger partial charge in [0.15, 0.2) is 0 Å². The van der Waals surface area contributed by atoms with Gasteiger partial charge in [-0.2, -0.15) is 0 Å². The number of nitrogens with two attached hydrogens (primary N) is 1. The minimum Gasteiger partial charge on any atom is -0.397 e. The largest absolute Gasteiger partial charge is 0.397 e. The summed E-state index contributed by atoms with van der Waals surface area (Å²) >= 11 is 0. The number of pyridine rings is 1. The molecule has 0 aliphatic rings. The molecule has 1 aromatic carbocycles. The van der Waals surface area contributed by atoms with Crippen molar-refractivity contribution < 1.29 is 0 Å². The molecule has 0 amide bonds. The molecule has 0 aliphatic carbocycles. The lowest BCUT2D eigenvalue weighted by molar-refractivity contribution is 1.05. The van der Waals surface area contributed by atoms with Gasteiger partial charge in [0.25, 0.3) is 0 Å². The van der Waals surface area contributed by atoms with Crippen LogP contribution >= 0.6 is 0 Å². The molecule has 78 valence electrons. The van der Waals surface area contributed by atoms with Crippen molar-refractivity contribution in [1.82, 2.24) is 4.98 Å². The van der Waals surface area contributed by atoms with Crippen molar-refractivity contribution in [3.05, 3.63) is 35.5 Å². The SMILES string of the molecule is CCc1cc(N)c2ncccc2c1CC. The summed E-state index contributed by atoms with van der Waals surface area (Å²) in [6.07, 6.45) is 3.85. The van der Waals surface area contributed by atoms with Gasteiger partial charge in [-0.1, -0.05) is 19.9 Å². The van der Waals surface area contributed by atoms with Crippen LogP contribution in [0.3, 0.4) is 0 Å². The predicted octanol–water partition coefficient (Wildman–Crippen LogP) is 2.94. The third-order valence-corrected chi connectivity index (χ3v) is 2.86. The summed E-state index contributed by atoms with van der Waals surface area (Å²) in [4.78, 5) is 4.34. The minimum atomic E-state index is 0.791. The maximum Gasteiger partial charge on any atom is 0.0934 e. The zero-order valence-corrected chi connectivity index (χ0v) is 9.25. The molecule has 0 radical (unpaired) electrons. The van der Waals surface area contributed by atoms with E-state index < -0.39 is 0 Å². The molecule has 2 nitrogen and oxygen atoms in total. The van der Waals surface area contributed by atoms with Crippen LogP contribution in [-0.2, 0) is 12.8 Å². The second kappa shape index (κ2) is 3.89. The lowest BCUT2D eigenvalue weighted by Gasteiger charge is -2.11. The van der Waals surface area contributed by atoms with Crippen LogP contribution in [0.25, 0.3) is 10.9 Å². The number of nitrogen functional groups attached to an aromatic ring is 1. The first-order valence-electron chi connectivity index (χ1n) is 5.42. The molecule has 0 fully saturated rings. The Morgan fingerprint density at radius 3 is 2.73 bits per heavy atom. The van der Waals surface area contributed by atoms with E-state index in [0.717, 1.165) is 24.0 Å². The maximum absolute atomic E-state index is 5.99. The van der Waals surface area contributed by atoms with Crippen LogP contribution in [0, 0.1) is 0 Å². The van der Waals surface area contributed by atoms with Gasteiger partial charge < -0.3 is 5.73 Å². The van der Waals surface area contributed by atoms with Gasteiger partial charge in [0.1, 0.15) is 0 Å². The average molecular weight is 200 g/mol. The van der Waals surface area contributed by atoms with Crippen LogP contribution < -0.4 is 5.73 Å². The Hall–Kier alpha value is -1.57. The van der Waals surface area contributed by atoms with Crippen LogP contribution in [0.5, 0.6) is 0 Å². The molecule has 2 N–H and O–H groups in total. The van der Waals surface area contributed by atoms with Gasteiger partial charge in [-0.15, -0.1) is 0 Å². The number of aromatic nitrogens is 1. The molecule has 0 saturated heterocycles. The van der Waals surface area contributed by atoms with Crippen molar-refractivity contribution >= 4 is 16.6 Å². The lowest BCUT2D eigenvalue weighted by atomic mass is 9.97. The fourth-order valence-corrected chi connectivity index (χ4v) is 2.13. The summed E-state index contributed by atoms with van der Waals surface area (Å²) in [6, 6.07) is 6.14. The number of hydrogen-bond donors (Lipinski definition) is 1. The van der Waals surface area contributed by atoms with E-state index in [0.29, 0.717) is 0 Å². The number of nitrogens with zero attached hydrogens (tertiary/aromatic N) is 1. The molecule has 0 saturated carbocycles. The highest BCUT2D eigenvalue weighted by Gasteiger charge is 2.08. The lowest BCUT2D eigenvalue weighted by Crippen LogP contribution is -1.98. The smallest absolute Gasteiger partial charge is 0.0934 e. The van der Waals surface area contributed by atoms with Gasteiger partial charge in [0, 0.05) is 11.6 Å². The van der Waals surface area contributed by atoms with Crippen molar-refractivity contribution in [2.75, 3.05) is 5.73 Å². The van der Waals surface area contributed by atoms with Gasteiger partial charge in [0.2, 0.25) is 0 Å². The second-order valence-corrected chi connectivity index (χ2v) is 3.71. The van der Waals surface area contributed by atoms with Crippen molar-refractivity contribution in [1.29, 1.82) is 0 Å². The van der Waals surface area contributed by atoms with Crippen LogP contribution in [0.2, 0.25) is 0 Å². The Bertz CT molecular complexity index is 489. The van der Waals surface area contributed by atoms with E-state index in [9.17, 15) is 0 Å². The van der Waals surface area contributed by atoms with Crippen LogP contribution in [0.1, 0.15) is 25.0 Å². The Labute approximate surface area is 90.1 Å². The first kappa shape index (κ1) is 9.97.